The first-order valence-electron chi connectivity index (χ1n) is 11.4. The van der Waals surface area contributed by atoms with Gasteiger partial charge in [0.1, 0.15) is 5.75 Å². The first-order chi connectivity index (χ1) is 15.6. The summed E-state index contributed by atoms with van der Waals surface area (Å²) in [6.45, 7) is 6.35. The van der Waals surface area contributed by atoms with Crippen LogP contribution in [0.25, 0.3) is 0 Å². The molecule has 32 heavy (non-hydrogen) atoms. The third-order valence-electron chi connectivity index (χ3n) is 5.35. The Labute approximate surface area is 190 Å². The second-order valence-corrected chi connectivity index (χ2v) is 8.25. The number of ether oxygens (including phenoxy) is 1. The summed E-state index contributed by atoms with van der Waals surface area (Å²) in [6, 6.07) is 19.6. The van der Waals surface area contributed by atoms with Crippen molar-refractivity contribution in [1.29, 1.82) is 0 Å². The monoisotopic (exact) mass is 434 g/mol. The van der Waals surface area contributed by atoms with Crippen molar-refractivity contribution in [1.82, 2.24) is 20.8 Å². The maximum atomic E-state index is 12.7. The normalized spacial score (nSPS) is 12.8. The minimum Gasteiger partial charge on any atom is -0.493 e. The summed E-state index contributed by atoms with van der Waals surface area (Å²) in [5.74, 6) is 1.39. The van der Waals surface area contributed by atoms with Gasteiger partial charge in [0, 0.05) is 19.3 Å². The summed E-state index contributed by atoms with van der Waals surface area (Å²) in [4.78, 5) is 12.7. The molecule has 1 unspecified atom stereocenters. The van der Waals surface area contributed by atoms with Crippen LogP contribution in [0.15, 0.2) is 66.9 Å². The summed E-state index contributed by atoms with van der Waals surface area (Å²) in [5, 5.41) is 13.6. The number of hydrogen-bond acceptors (Lipinski definition) is 4. The molecule has 0 aliphatic carbocycles. The van der Waals surface area contributed by atoms with E-state index < -0.39 is 0 Å². The molecule has 1 amide bonds. The van der Waals surface area contributed by atoms with Crippen LogP contribution in [0.3, 0.4) is 0 Å². The van der Waals surface area contributed by atoms with E-state index in [-0.39, 0.29) is 11.9 Å². The standard InChI is InChI=1S/C26H34N4O2/c1-3-7-20(2)19-32-24-12-10-22(11-13-24)25(18-27-17-23-14-15-28-30-23)29-26(31)16-21-8-5-4-6-9-21/h4-6,8-15,20,25,27H,3,7,16-19H2,1-2H3,(H,28,30)(H,29,31)/t20?,25-/m0/s1. The summed E-state index contributed by atoms with van der Waals surface area (Å²) in [7, 11) is 0. The molecule has 6 nitrogen and oxygen atoms in total. The van der Waals surface area contributed by atoms with Gasteiger partial charge in [-0.15, -0.1) is 0 Å². The van der Waals surface area contributed by atoms with Crippen molar-refractivity contribution in [3.8, 4) is 5.75 Å². The molecule has 170 valence electrons. The van der Waals surface area contributed by atoms with E-state index in [0.717, 1.165) is 35.6 Å². The van der Waals surface area contributed by atoms with Crippen LogP contribution in [-0.2, 0) is 17.8 Å². The lowest BCUT2D eigenvalue weighted by Gasteiger charge is -2.20. The van der Waals surface area contributed by atoms with Gasteiger partial charge in [-0.05, 0) is 41.7 Å². The number of benzene rings is 2. The average Bonchev–Trinajstić information content (AvgIpc) is 3.32. The molecule has 0 saturated carbocycles. The first-order valence-corrected chi connectivity index (χ1v) is 11.4. The Balaban J connectivity index is 1.61. The highest BCUT2D eigenvalue weighted by Gasteiger charge is 2.15. The van der Waals surface area contributed by atoms with Crippen LogP contribution in [0.4, 0.5) is 0 Å². The Bertz CT molecular complexity index is 911. The van der Waals surface area contributed by atoms with Gasteiger partial charge in [-0.3, -0.25) is 9.89 Å². The van der Waals surface area contributed by atoms with Gasteiger partial charge in [-0.1, -0.05) is 62.7 Å². The Morgan fingerprint density at radius 2 is 1.88 bits per heavy atom. The Morgan fingerprint density at radius 3 is 2.56 bits per heavy atom. The molecule has 0 aliphatic rings. The number of aromatic amines is 1. The van der Waals surface area contributed by atoms with E-state index in [2.05, 4.69) is 34.7 Å². The van der Waals surface area contributed by atoms with E-state index in [1.807, 2.05) is 60.7 Å². The Hall–Kier alpha value is -3.12. The highest BCUT2D eigenvalue weighted by Crippen LogP contribution is 2.19. The van der Waals surface area contributed by atoms with Gasteiger partial charge >= 0.3 is 0 Å². The van der Waals surface area contributed by atoms with E-state index >= 15 is 0 Å². The van der Waals surface area contributed by atoms with Crippen molar-refractivity contribution >= 4 is 5.91 Å². The van der Waals surface area contributed by atoms with Crippen molar-refractivity contribution in [2.75, 3.05) is 13.2 Å². The highest BCUT2D eigenvalue weighted by atomic mass is 16.5. The van der Waals surface area contributed by atoms with Crippen LogP contribution in [0.1, 0.15) is 49.6 Å². The molecule has 0 bridgehead atoms. The lowest BCUT2D eigenvalue weighted by Crippen LogP contribution is -2.36. The van der Waals surface area contributed by atoms with Gasteiger partial charge < -0.3 is 15.4 Å². The number of carbonyl (C=O) groups excluding carboxylic acids is 1. The van der Waals surface area contributed by atoms with Crippen LogP contribution in [0, 0.1) is 5.92 Å². The summed E-state index contributed by atoms with van der Waals surface area (Å²) in [6.07, 6.45) is 4.48. The molecular weight excluding hydrogens is 400 g/mol. The SMILES string of the molecule is CCCC(C)COc1ccc([C@H](CNCc2cc[nH]n2)NC(=O)Cc2ccccc2)cc1. The fraction of sp³-hybridized carbons (Fsp3) is 0.385. The lowest BCUT2D eigenvalue weighted by molar-refractivity contribution is -0.121. The fourth-order valence-electron chi connectivity index (χ4n) is 3.62. The zero-order valence-corrected chi connectivity index (χ0v) is 19.0. The molecule has 0 radical (unpaired) electrons. The van der Waals surface area contributed by atoms with Gasteiger partial charge in [0.25, 0.3) is 0 Å². The van der Waals surface area contributed by atoms with E-state index in [1.165, 1.54) is 6.42 Å². The van der Waals surface area contributed by atoms with Crippen molar-refractivity contribution in [3.05, 3.63) is 83.7 Å². The maximum absolute atomic E-state index is 12.7. The highest BCUT2D eigenvalue weighted by molar-refractivity contribution is 5.79. The van der Waals surface area contributed by atoms with Crippen molar-refractivity contribution in [3.63, 3.8) is 0 Å². The molecule has 1 aromatic heterocycles. The number of hydrogen-bond donors (Lipinski definition) is 3. The molecular formula is C26H34N4O2. The van der Waals surface area contributed by atoms with Crippen LogP contribution < -0.4 is 15.4 Å². The van der Waals surface area contributed by atoms with Gasteiger partial charge in [0.15, 0.2) is 0 Å². The second-order valence-electron chi connectivity index (χ2n) is 8.25. The number of carbonyl (C=O) groups is 1. The van der Waals surface area contributed by atoms with E-state index in [1.54, 1.807) is 6.20 Å². The summed E-state index contributed by atoms with van der Waals surface area (Å²) >= 11 is 0. The van der Waals surface area contributed by atoms with Crippen molar-refractivity contribution < 1.29 is 9.53 Å². The molecule has 0 spiro atoms. The average molecular weight is 435 g/mol. The summed E-state index contributed by atoms with van der Waals surface area (Å²) < 4.78 is 5.93. The van der Waals surface area contributed by atoms with E-state index in [0.29, 0.717) is 25.4 Å². The van der Waals surface area contributed by atoms with Gasteiger partial charge in [-0.2, -0.15) is 5.10 Å². The van der Waals surface area contributed by atoms with Crippen LogP contribution in [0.5, 0.6) is 5.75 Å². The molecule has 0 aliphatic heterocycles. The number of amides is 1. The van der Waals surface area contributed by atoms with Gasteiger partial charge in [0.05, 0.1) is 24.8 Å². The van der Waals surface area contributed by atoms with Crippen molar-refractivity contribution in [2.45, 2.75) is 45.7 Å². The number of aromatic nitrogens is 2. The number of rotatable bonds is 13. The van der Waals surface area contributed by atoms with E-state index in [9.17, 15) is 4.79 Å². The molecule has 0 fully saturated rings. The minimum absolute atomic E-state index is 0.00325. The predicted molar refractivity (Wildman–Crippen MR) is 127 cm³/mol. The zero-order chi connectivity index (χ0) is 22.6. The third-order valence-corrected chi connectivity index (χ3v) is 5.35. The second kappa shape index (κ2) is 12.7. The first kappa shape index (κ1) is 23.5. The number of nitrogens with zero attached hydrogens (tertiary/aromatic N) is 1. The van der Waals surface area contributed by atoms with Crippen LogP contribution >= 0.6 is 0 Å². The predicted octanol–water partition coefficient (Wildman–Crippen LogP) is 4.41. The van der Waals surface area contributed by atoms with E-state index in [4.69, 9.17) is 4.74 Å². The molecule has 3 rings (SSSR count). The number of H-pyrrole nitrogens is 1. The topological polar surface area (TPSA) is 79.0 Å². The van der Waals surface area contributed by atoms with Gasteiger partial charge in [0.2, 0.25) is 5.91 Å². The summed E-state index contributed by atoms with van der Waals surface area (Å²) in [5.41, 5.74) is 2.97. The number of nitrogens with one attached hydrogen (secondary N) is 3. The molecule has 1 heterocycles. The Kier molecular flexibility index (Phi) is 9.32. The lowest BCUT2D eigenvalue weighted by atomic mass is 10.1. The Morgan fingerprint density at radius 1 is 1.09 bits per heavy atom. The maximum Gasteiger partial charge on any atom is 0.224 e. The quantitative estimate of drug-likeness (QED) is 0.372. The minimum atomic E-state index is -0.154. The smallest absolute Gasteiger partial charge is 0.224 e. The molecule has 0 saturated heterocycles. The molecule has 2 atom stereocenters. The fourth-order valence-corrected chi connectivity index (χ4v) is 3.62. The van der Waals surface area contributed by atoms with Gasteiger partial charge in [-0.25, -0.2) is 0 Å². The molecule has 2 aromatic carbocycles. The zero-order valence-electron chi connectivity index (χ0n) is 19.0. The molecule has 6 heteroatoms. The van der Waals surface area contributed by atoms with Crippen LogP contribution in [-0.4, -0.2) is 29.3 Å². The largest absolute Gasteiger partial charge is 0.493 e. The van der Waals surface area contributed by atoms with Crippen molar-refractivity contribution in [2.24, 2.45) is 5.92 Å². The molecule has 3 N–H and O–H groups in total. The molecule has 3 aromatic rings. The third kappa shape index (κ3) is 7.85. The van der Waals surface area contributed by atoms with Crippen LogP contribution in [0.2, 0.25) is 0 Å².